The summed E-state index contributed by atoms with van der Waals surface area (Å²) in [5.41, 5.74) is 0.746. The molecular formula is C17H26FN3O. The van der Waals surface area contributed by atoms with Crippen molar-refractivity contribution < 1.29 is 9.18 Å². The number of hydrogen-bond acceptors (Lipinski definition) is 3. The fraction of sp³-hybridized carbons (Fsp3) is 0.588. The van der Waals surface area contributed by atoms with E-state index in [4.69, 9.17) is 0 Å². The SMILES string of the molecule is CCN(CC)C(=O)CN1CCN(Cc2ccccc2F)CC1. The average Bonchev–Trinajstić information content (AvgIpc) is 2.52. The molecule has 1 aliphatic rings. The molecule has 0 spiro atoms. The van der Waals surface area contributed by atoms with E-state index in [9.17, 15) is 9.18 Å². The minimum Gasteiger partial charge on any atom is -0.342 e. The Morgan fingerprint density at radius 2 is 1.68 bits per heavy atom. The predicted molar refractivity (Wildman–Crippen MR) is 86.0 cm³/mol. The summed E-state index contributed by atoms with van der Waals surface area (Å²) in [6, 6.07) is 6.94. The first-order valence-corrected chi connectivity index (χ1v) is 8.10. The Hall–Kier alpha value is -1.46. The van der Waals surface area contributed by atoms with E-state index in [1.54, 1.807) is 6.07 Å². The second kappa shape index (κ2) is 8.25. The molecule has 0 atom stereocenters. The zero-order valence-corrected chi connectivity index (χ0v) is 13.6. The van der Waals surface area contributed by atoms with Crippen LogP contribution in [0.1, 0.15) is 19.4 Å². The standard InChI is InChI=1S/C17H26FN3O/c1-3-21(4-2)17(22)14-20-11-9-19(10-12-20)13-15-7-5-6-8-16(15)18/h5-8H,3-4,9-14H2,1-2H3. The maximum Gasteiger partial charge on any atom is 0.236 e. The van der Waals surface area contributed by atoms with E-state index in [-0.39, 0.29) is 11.7 Å². The number of benzene rings is 1. The van der Waals surface area contributed by atoms with Crippen molar-refractivity contribution in [3.05, 3.63) is 35.6 Å². The second-order valence-corrected chi connectivity index (χ2v) is 5.71. The van der Waals surface area contributed by atoms with E-state index >= 15 is 0 Å². The van der Waals surface area contributed by atoms with Gasteiger partial charge in [-0.25, -0.2) is 4.39 Å². The molecule has 1 aromatic rings. The monoisotopic (exact) mass is 307 g/mol. The Morgan fingerprint density at radius 1 is 1.09 bits per heavy atom. The molecule has 22 heavy (non-hydrogen) atoms. The molecule has 1 heterocycles. The van der Waals surface area contributed by atoms with Crippen molar-refractivity contribution in [2.75, 3.05) is 45.8 Å². The van der Waals surface area contributed by atoms with Crippen LogP contribution in [0.25, 0.3) is 0 Å². The summed E-state index contributed by atoms with van der Waals surface area (Å²) < 4.78 is 13.7. The zero-order chi connectivity index (χ0) is 15.9. The summed E-state index contributed by atoms with van der Waals surface area (Å²) in [6.07, 6.45) is 0. The van der Waals surface area contributed by atoms with Crippen molar-refractivity contribution in [3.63, 3.8) is 0 Å². The largest absolute Gasteiger partial charge is 0.342 e. The molecule has 4 nitrogen and oxygen atoms in total. The average molecular weight is 307 g/mol. The minimum absolute atomic E-state index is 0.137. The molecule has 122 valence electrons. The molecule has 0 N–H and O–H groups in total. The van der Waals surface area contributed by atoms with Crippen LogP contribution < -0.4 is 0 Å². The molecule has 1 aliphatic heterocycles. The lowest BCUT2D eigenvalue weighted by Gasteiger charge is -2.35. The normalized spacial score (nSPS) is 16.7. The molecule has 5 heteroatoms. The quantitative estimate of drug-likeness (QED) is 0.802. The first-order chi connectivity index (χ1) is 10.6. The van der Waals surface area contributed by atoms with Crippen molar-refractivity contribution in [2.45, 2.75) is 20.4 Å². The van der Waals surface area contributed by atoms with Crippen LogP contribution in [-0.2, 0) is 11.3 Å². The van der Waals surface area contributed by atoms with Crippen LogP contribution >= 0.6 is 0 Å². The summed E-state index contributed by atoms with van der Waals surface area (Å²) in [4.78, 5) is 18.4. The molecule has 0 aromatic heterocycles. The molecule has 1 saturated heterocycles. The highest BCUT2D eigenvalue weighted by atomic mass is 19.1. The van der Waals surface area contributed by atoms with Crippen molar-refractivity contribution in [1.29, 1.82) is 0 Å². The van der Waals surface area contributed by atoms with Gasteiger partial charge in [0.15, 0.2) is 0 Å². The topological polar surface area (TPSA) is 26.8 Å². The number of hydrogen-bond donors (Lipinski definition) is 0. The minimum atomic E-state index is -0.137. The van der Waals surface area contributed by atoms with E-state index in [1.807, 2.05) is 30.9 Å². The van der Waals surface area contributed by atoms with Crippen molar-refractivity contribution in [1.82, 2.24) is 14.7 Å². The second-order valence-electron chi connectivity index (χ2n) is 5.71. The fourth-order valence-corrected chi connectivity index (χ4v) is 2.84. The molecule has 0 saturated carbocycles. The van der Waals surface area contributed by atoms with Gasteiger partial charge < -0.3 is 4.90 Å². The number of halogens is 1. The lowest BCUT2D eigenvalue weighted by atomic mass is 10.2. The molecule has 0 unspecified atom stereocenters. The van der Waals surface area contributed by atoms with Crippen LogP contribution in [0.15, 0.2) is 24.3 Å². The number of amides is 1. The van der Waals surface area contributed by atoms with E-state index in [0.29, 0.717) is 13.1 Å². The third kappa shape index (κ3) is 4.52. The maximum absolute atomic E-state index is 13.7. The highest BCUT2D eigenvalue weighted by Gasteiger charge is 2.21. The Morgan fingerprint density at radius 3 is 2.27 bits per heavy atom. The summed E-state index contributed by atoms with van der Waals surface area (Å²) >= 11 is 0. The Kier molecular flexibility index (Phi) is 6.34. The third-order valence-corrected chi connectivity index (χ3v) is 4.29. The van der Waals surface area contributed by atoms with Crippen molar-refractivity contribution >= 4 is 5.91 Å². The van der Waals surface area contributed by atoms with Gasteiger partial charge in [-0.1, -0.05) is 18.2 Å². The van der Waals surface area contributed by atoms with Gasteiger partial charge >= 0.3 is 0 Å². The van der Waals surface area contributed by atoms with E-state index in [1.165, 1.54) is 6.07 Å². The van der Waals surface area contributed by atoms with Gasteiger partial charge in [-0.3, -0.25) is 14.6 Å². The summed E-state index contributed by atoms with van der Waals surface area (Å²) in [6.45, 7) is 10.2. The molecule has 0 bridgehead atoms. The zero-order valence-electron chi connectivity index (χ0n) is 13.6. The van der Waals surface area contributed by atoms with Gasteiger partial charge in [-0.2, -0.15) is 0 Å². The van der Waals surface area contributed by atoms with Gasteiger partial charge in [-0.15, -0.1) is 0 Å². The van der Waals surface area contributed by atoms with Crippen LogP contribution in [0.5, 0.6) is 0 Å². The van der Waals surface area contributed by atoms with E-state index in [2.05, 4.69) is 9.80 Å². The number of carbonyl (C=O) groups is 1. The first kappa shape index (κ1) is 16.9. The third-order valence-electron chi connectivity index (χ3n) is 4.29. The van der Waals surface area contributed by atoms with E-state index in [0.717, 1.165) is 44.8 Å². The molecule has 1 fully saturated rings. The highest BCUT2D eigenvalue weighted by molar-refractivity contribution is 5.78. The lowest BCUT2D eigenvalue weighted by molar-refractivity contribution is -0.132. The number of piperazine rings is 1. The van der Waals surface area contributed by atoms with Crippen molar-refractivity contribution in [2.24, 2.45) is 0 Å². The van der Waals surface area contributed by atoms with Crippen LogP contribution in [-0.4, -0.2) is 66.4 Å². The number of likely N-dealkylation sites (N-methyl/N-ethyl adjacent to an activating group) is 1. The molecular weight excluding hydrogens is 281 g/mol. The number of rotatable bonds is 6. The van der Waals surface area contributed by atoms with Crippen LogP contribution in [0.4, 0.5) is 4.39 Å². The van der Waals surface area contributed by atoms with Crippen LogP contribution in [0, 0.1) is 5.82 Å². The Bertz CT molecular complexity index is 483. The molecule has 1 amide bonds. The Balaban J connectivity index is 1.78. The number of nitrogens with zero attached hydrogens (tertiary/aromatic N) is 3. The van der Waals surface area contributed by atoms with Gasteiger partial charge in [0, 0.05) is 51.4 Å². The molecule has 1 aromatic carbocycles. The van der Waals surface area contributed by atoms with Crippen LogP contribution in [0.2, 0.25) is 0 Å². The van der Waals surface area contributed by atoms with Crippen LogP contribution in [0.3, 0.4) is 0 Å². The first-order valence-electron chi connectivity index (χ1n) is 8.10. The highest BCUT2D eigenvalue weighted by Crippen LogP contribution is 2.12. The summed E-state index contributed by atoms with van der Waals surface area (Å²) in [7, 11) is 0. The predicted octanol–water partition coefficient (Wildman–Crippen LogP) is 1.81. The maximum atomic E-state index is 13.7. The van der Waals surface area contributed by atoms with Gasteiger partial charge in [0.2, 0.25) is 5.91 Å². The summed E-state index contributed by atoms with van der Waals surface area (Å²) in [5.74, 6) is 0.0641. The molecule has 0 radical (unpaired) electrons. The summed E-state index contributed by atoms with van der Waals surface area (Å²) in [5, 5.41) is 0. The smallest absolute Gasteiger partial charge is 0.236 e. The molecule has 2 rings (SSSR count). The fourth-order valence-electron chi connectivity index (χ4n) is 2.84. The van der Waals surface area contributed by atoms with Gasteiger partial charge in [0.25, 0.3) is 0 Å². The van der Waals surface area contributed by atoms with Gasteiger partial charge in [-0.05, 0) is 19.9 Å². The van der Waals surface area contributed by atoms with Gasteiger partial charge in [0.1, 0.15) is 5.82 Å². The van der Waals surface area contributed by atoms with Gasteiger partial charge in [0.05, 0.1) is 6.54 Å². The number of carbonyl (C=O) groups excluding carboxylic acids is 1. The molecule has 0 aliphatic carbocycles. The van der Waals surface area contributed by atoms with E-state index < -0.39 is 0 Å². The lowest BCUT2D eigenvalue weighted by Crippen LogP contribution is -2.49. The Labute approximate surface area is 132 Å². The van der Waals surface area contributed by atoms with Crippen molar-refractivity contribution in [3.8, 4) is 0 Å².